The van der Waals surface area contributed by atoms with Crippen molar-refractivity contribution in [2.24, 2.45) is 0 Å². The summed E-state index contributed by atoms with van der Waals surface area (Å²) in [6.45, 7) is 4.59. The summed E-state index contributed by atoms with van der Waals surface area (Å²) in [5.74, 6) is 0.867. The topological polar surface area (TPSA) is 22.1 Å². The van der Waals surface area contributed by atoms with Crippen LogP contribution in [0.3, 0.4) is 0 Å². The number of halogens is 1. The Morgan fingerprint density at radius 1 is 1.55 bits per heavy atom. The summed E-state index contributed by atoms with van der Waals surface area (Å²) in [5, 5.41) is 0. The van der Waals surface area contributed by atoms with E-state index in [0.29, 0.717) is 6.61 Å². The monoisotopic (exact) mass is 215 g/mol. The molecule has 0 aromatic carbocycles. The molecule has 60 valence electrons. The fraction of sp³-hybridized carbons (Fsp3) is 0.375. The van der Waals surface area contributed by atoms with Gasteiger partial charge >= 0.3 is 0 Å². The van der Waals surface area contributed by atoms with Crippen LogP contribution in [0.15, 0.2) is 16.7 Å². The Hall–Kier alpha value is -0.570. The smallest absolute Gasteiger partial charge is 0.123 e. The zero-order valence-corrected chi connectivity index (χ0v) is 8.18. The molecule has 0 aliphatic rings. The quantitative estimate of drug-likeness (QED) is 0.708. The van der Waals surface area contributed by atoms with Gasteiger partial charge in [-0.2, -0.15) is 0 Å². The highest BCUT2D eigenvalue weighted by atomic mass is 79.9. The Kier molecular flexibility index (Phi) is 2.88. The van der Waals surface area contributed by atoms with Gasteiger partial charge in [-0.1, -0.05) is 0 Å². The molecule has 0 radical (unpaired) electrons. The summed E-state index contributed by atoms with van der Waals surface area (Å²) in [6, 6.07) is 3.77. The average Bonchev–Trinajstić information content (AvgIpc) is 1.85. The van der Waals surface area contributed by atoms with E-state index in [4.69, 9.17) is 4.74 Å². The predicted molar refractivity (Wildman–Crippen MR) is 47.8 cm³/mol. The van der Waals surface area contributed by atoms with Crippen molar-refractivity contribution < 1.29 is 4.74 Å². The summed E-state index contributed by atoms with van der Waals surface area (Å²) in [5.41, 5.74) is 0.961. The fourth-order valence-electron chi connectivity index (χ4n) is 0.848. The Balaban J connectivity index is 2.89. The van der Waals surface area contributed by atoms with Crippen molar-refractivity contribution >= 4 is 15.9 Å². The second-order valence-electron chi connectivity index (χ2n) is 2.20. The van der Waals surface area contributed by atoms with Gasteiger partial charge in [-0.3, -0.25) is 0 Å². The summed E-state index contributed by atoms with van der Waals surface area (Å²) in [7, 11) is 0. The van der Waals surface area contributed by atoms with Crippen LogP contribution >= 0.6 is 15.9 Å². The SMILES string of the molecule is CCOc1cc(C)nc(Br)c1. The fourth-order valence-corrected chi connectivity index (χ4v) is 1.35. The Bertz CT molecular complexity index is 230. The van der Waals surface area contributed by atoms with Gasteiger partial charge in [0, 0.05) is 17.8 Å². The first kappa shape index (κ1) is 8.53. The van der Waals surface area contributed by atoms with E-state index < -0.39 is 0 Å². The first-order valence-corrected chi connectivity index (χ1v) is 4.28. The van der Waals surface area contributed by atoms with Crippen LogP contribution in [0.25, 0.3) is 0 Å². The number of rotatable bonds is 2. The third kappa shape index (κ3) is 2.50. The Morgan fingerprint density at radius 3 is 2.82 bits per heavy atom. The van der Waals surface area contributed by atoms with Crippen molar-refractivity contribution in [2.75, 3.05) is 6.61 Å². The van der Waals surface area contributed by atoms with Crippen LogP contribution in [0.4, 0.5) is 0 Å². The number of pyridine rings is 1. The van der Waals surface area contributed by atoms with E-state index in [0.717, 1.165) is 16.0 Å². The molecule has 0 bridgehead atoms. The number of nitrogens with zero attached hydrogens (tertiary/aromatic N) is 1. The lowest BCUT2D eigenvalue weighted by atomic mass is 10.4. The van der Waals surface area contributed by atoms with Gasteiger partial charge in [0.15, 0.2) is 0 Å². The van der Waals surface area contributed by atoms with Crippen molar-refractivity contribution in [1.82, 2.24) is 4.98 Å². The number of hydrogen-bond donors (Lipinski definition) is 0. The zero-order chi connectivity index (χ0) is 8.27. The average molecular weight is 216 g/mol. The van der Waals surface area contributed by atoms with E-state index in [2.05, 4.69) is 20.9 Å². The molecule has 0 aliphatic heterocycles. The van der Waals surface area contributed by atoms with E-state index in [1.165, 1.54) is 0 Å². The molecule has 1 aromatic heterocycles. The zero-order valence-electron chi connectivity index (χ0n) is 6.60. The standard InChI is InChI=1S/C8H10BrNO/c1-3-11-7-4-6(2)10-8(9)5-7/h4-5H,3H2,1-2H3. The second-order valence-corrected chi connectivity index (χ2v) is 3.01. The van der Waals surface area contributed by atoms with E-state index in [9.17, 15) is 0 Å². The van der Waals surface area contributed by atoms with Crippen LogP contribution in [0.5, 0.6) is 5.75 Å². The first-order chi connectivity index (χ1) is 5.22. The predicted octanol–water partition coefficient (Wildman–Crippen LogP) is 2.55. The van der Waals surface area contributed by atoms with Gasteiger partial charge in [0.1, 0.15) is 10.4 Å². The lowest BCUT2D eigenvalue weighted by molar-refractivity contribution is 0.339. The van der Waals surface area contributed by atoms with E-state index in [-0.39, 0.29) is 0 Å². The van der Waals surface area contributed by atoms with E-state index >= 15 is 0 Å². The lowest BCUT2D eigenvalue weighted by Crippen LogP contribution is -1.93. The van der Waals surface area contributed by atoms with Crippen molar-refractivity contribution in [3.8, 4) is 5.75 Å². The Morgan fingerprint density at radius 2 is 2.27 bits per heavy atom. The largest absolute Gasteiger partial charge is 0.494 e. The number of aromatic nitrogens is 1. The van der Waals surface area contributed by atoms with Crippen LogP contribution < -0.4 is 4.74 Å². The number of ether oxygens (including phenoxy) is 1. The maximum absolute atomic E-state index is 5.30. The number of aryl methyl sites for hydroxylation is 1. The van der Waals surface area contributed by atoms with Crippen LogP contribution in [0.2, 0.25) is 0 Å². The molecule has 2 nitrogen and oxygen atoms in total. The first-order valence-electron chi connectivity index (χ1n) is 3.49. The van der Waals surface area contributed by atoms with Crippen LogP contribution in [0.1, 0.15) is 12.6 Å². The molecule has 1 aromatic rings. The molecule has 0 N–H and O–H groups in total. The van der Waals surface area contributed by atoms with E-state index in [1.54, 1.807) is 0 Å². The summed E-state index contributed by atoms with van der Waals surface area (Å²) in [4.78, 5) is 4.15. The van der Waals surface area contributed by atoms with E-state index in [1.807, 2.05) is 26.0 Å². The van der Waals surface area contributed by atoms with Crippen LogP contribution in [-0.4, -0.2) is 11.6 Å². The summed E-state index contributed by atoms with van der Waals surface area (Å²) in [6.07, 6.45) is 0. The normalized spacial score (nSPS) is 9.73. The molecule has 11 heavy (non-hydrogen) atoms. The molecule has 0 spiro atoms. The van der Waals surface area contributed by atoms with Gasteiger partial charge in [0.2, 0.25) is 0 Å². The second kappa shape index (κ2) is 3.72. The molecular formula is C8H10BrNO. The van der Waals surface area contributed by atoms with Gasteiger partial charge in [0.25, 0.3) is 0 Å². The molecule has 0 saturated heterocycles. The summed E-state index contributed by atoms with van der Waals surface area (Å²) < 4.78 is 6.12. The molecule has 0 aliphatic carbocycles. The molecule has 0 unspecified atom stereocenters. The third-order valence-corrected chi connectivity index (χ3v) is 1.61. The highest BCUT2D eigenvalue weighted by Gasteiger charge is 1.96. The van der Waals surface area contributed by atoms with Gasteiger partial charge in [-0.25, -0.2) is 4.98 Å². The molecule has 0 amide bonds. The highest BCUT2D eigenvalue weighted by molar-refractivity contribution is 9.10. The minimum absolute atomic E-state index is 0.690. The van der Waals surface area contributed by atoms with Gasteiger partial charge in [-0.05, 0) is 29.8 Å². The maximum atomic E-state index is 5.30. The molecule has 0 atom stereocenters. The molecular weight excluding hydrogens is 206 g/mol. The van der Waals surface area contributed by atoms with Crippen molar-refractivity contribution in [3.63, 3.8) is 0 Å². The van der Waals surface area contributed by atoms with Crippen LogP contribution in [-0.2, 0) is 0 Å². The van der Waals surface area contributed by atoms with Crippen LogP contribution in [0, 0.1) is 6.92 Å². The molecule has 1 rings (SSSR count). The lowest BCUT2D eigenvalue weighted by Gasteiger charge is -2.03. The van der Waals surface area contributed by atoms with Crippen molar-refractivity contribution in [3.05, 3.63) is 22.4 Å². The minimum atomic E-state index is 0.690. The third-order valence-electron chi connectivity index (χ3n) is 1.21. The van der Waals surface area contributed by atoms with Gasteiger partial charge < -0.3 is 4.74 Å². The maximum Gasteiger partial charge on any atom is 0.123 e. The number of hydrogen-bond acceptors (Lipinski definition) is 2. The van der Waals surface area contributed by atoms with Crippen molar-refractivity contribution in [1.29, 1.82) is 0 Å². The minimum Gasteiger partial charge on any atom is -0.494 e. The molecule has 0 saturated carbocycles. The molecule has 3 heteroatoms. The van der Waals surface area contributed by atoms with Gasteiger partial charge in [0.05, 0.1) is 6.61 Å². The van der Waals surface area contributed by atoms with Gasteiger partial charge in [-0.15, -0.1) is 0 Å². The Labute approximate surface area is 74.7 Å². The van der Waals surface area contributed by atoms with Crippen molar-refractivity contribution in [2.45, 2.75) is 13.8 Å². The highest BCUT2D eigenvalue weighted by Crippen LogP contribution is 2.17. The molecule has 0 fully saturated rings. The molecule has 1 heterocycles. The summed E-state index contributed by atoms with van der Waals surface area (Å²) >= 11 is 3.29.